The van der Waals surface area contributed by atoms with E-state index in [9.17, 15) is 9.59 Å². The molecule has 1 aliphatic carbocycles. The third-order valence-electron chi connectivity index (χ3n) is 4.38. The number of ether oxygens (including phenoxy) is 1. The number of nitrogens with zero attached hydrogens (tertiary/aromatic N) is 1. The number of hydrogen-bond donors (Lipinski definition) is 2. The van der Waals surface area contributed by atoms with Crippen molar-refractivity contribution in [3.63, 3.8) is 0 Å². The summed E-state index contributed by atoms with van der Waals surface area (Å²) in [6.45, 7) is 3.17. The number of hydrogen-bond acceptors (Lipinski definition) is 5. The summed E-state index contributed by atoms with van der Waals surface area (Å²) in [6, 6.07) is 0.210. The van der Waals surface area contributed by atoms with E-state index in [1.54, 1.807) is 4.90 Å². The highest BCUT2D eigenvalue weighted by atomic mass is 32.2. The Hall–Kier alpha value is -0.790. The van der Waals surface area contributed by atoms with Gasteiger partial charge in [-0.05, 0) is 25.3 Å². The van der Waals surface area contributed by atoms with Gasteiger partial charge in [-0.3, -0.25) is 9.59 Å². The summed E-state index contributed by atoms with van der Waals surface area (Å²) in [4.78, 5) is 25.8. The fourth-order valence-corrected chi connectivity index (χ4v) is 3.79. The van der Waals surface area contributed by atoms with E-state index in [1.807, 2.05) is 0 Å². The Labute approximate surface area is 136 Å². The highest BCUT2D eigenvalue weighted by Crippen LogP contribution is 2.23. The lowest BCUT2D eigenvalue weighted by Gasteiger charge is -2.31. The van der Waals surface area contributed by atoms with Gasteiger partial charge >= 0.3 is 0 Å². The van der Waals surface area contributed by atoms with Gasteiger partial charge in [0.05, 0.1) is 24.7 Å². The lowest BCUT2D eigenvalue weighted by Crippen LogP contribution is -2.45. The van der Waals surface area contributed by atoms with Crippen LogP contribution in [0.4, 0.5) is 0 Å². The van der Waals surface area contributed by atoms with Gasteiger partial charge in [-0.25, -0.2) is 0 Å². The average molecular weight is 329 g/mol. The van der Waals surface area contributed by atoms with Gasteiger partial charge in [0.25, 0.3) is 0 Å². The molecular weight excluding hydrogens is 302 g/mol. The van der Waals surface area contributed by atoms with Crippen molar-refractivity contribution in [3.05, 3.63) is 0 Å². The fourth-order valence-electron chi connectivity index (χ4n) is 3.06. The van der Waals surface area contributed by atoms with Crippen molar-refractivity contribution in [1.82, 2.24) is 10.2 Å². The van der Waals surface area contributed by atoms with Crippen LogP contribution >= 0.6 is 11.8 Å². The Morgan fingerprint density at radius 1 is 1.18 bits per heavy atom. The molecule has 6 nitrogen and oxygen atoms in total. The van der Waals surface area contributed by atoms with E-state index in [2.05, 4.69) is 5.32 Å². The van der Waals surface area contributed by atoms with Gasteiger partial charge in [-0.1, -0.05) is 12.8 Å². The average Bonchev–Trinajstić information content (AvgIpc) is 2.56. The summed E-state index contributed by atoms with van der Waals surface area (Å²) in [6.07, 6.45) is 4.48. The second-order valence-electron chi connectivity index (χ2n) is 5.94. The first-order valence-corrected chi connectivity index (χ1v) is 9.29. The number of nitrogens with one attached hydrogen (secondary N) is 1. The molecule has 0 aromatic heterocycles. The molecule has 7 heteroatoms. The summed E-state index contributed by atoms with van der Waals surface area (Å²) in [5.41, 5.74) is 5.77. The van der Waals surface area contributed by atoms with Crippen LogP contribution in [0.25, 0.3) is 0 Å². The van der Waals surface area contributed by atoms with Crippen molar-refractivity contribution in [2.24, 2.45) is 11.7 Å². The summed E-state index contributed by atoms with van der Waals surface area (Å²) in [5, 5.41) is 3.09. The zero-order valence-electron chi connectivity index (χ0n) is 13.1. The first kappa shape index (κ1) is 17.6. The van der Waals surface area contributed by atoms with Gasteiger partial charge in [0.2, 0.25) is 11.8 Å². The first-order valence-electron chi connectivity index (χ1n) is 8.13. The molecule has 126 valence electrons. The van der Waals surface area contributed by atoms with Crippen LogP contribution in [0.5, 0.6) is 0 Å². The van der Waals surface area contributed by atoms with E-state index in [1.165, 1.54) is 18.2 Å². The molecule has 0 aromatic carbocycles. The predicted molar refractivity (Wildman–Crippen MR) is 87.7 cm³/mol. The molecule has 1 heterocycles. The molecule has 0 bridgehead atoms. The Bertz CT molecular complexity index is 375. The van der Waals surface area contributed by atoms with Crippen molar-refractivity contribution in [3.8, 4) is 0 Å². The Morgan fingerprint density at radius 2 is 1.91 bits per heavy atom. The maximum absolute atomic E-state index is 12.0. The third kappa shape index (κ3) is 5.44. The summed E-state index contributed by atoms with van der Waals surface area (Å²) < 4.78 is 5.22. The zero-order valence-corrected chi connectivity index (χ0v) is 13.9. The number of carbonyl (C=O) groups is 2. The largest absolute Gasteiger partial charge is 0.378 e. The Morgan fingerprint density at radius 3 is 2.64 bits per heavy atom. The molecule has 2 aliphatic rings. The van der Waals surface area contributed by atoms with Crippen molar-refractivity contribution in [2.45, 2.75) is 31.7 Å². The smallest absolute Gasteiger partial charge is 0.232 e. The Kier molecular flexibility index (Phi) is 7.48. The van der Waals surface area contributed by atoms with Crippen molar-refractivity contribution >= 4 is 23.6 Å². The normalized spacial score (nSPS) is 25.8. The molecule has 1 saturated heterocycles. The van der Waals surface area contributed by atoms with Gasteiger partial charge in [-0.2, -0.15) is 0 Å². The minimum absolute atomic E-state index is 0.0186. The second kappa shape index (κ2) is 9.37. The summed E-state index contributed by atoms with van der Waals surface area (Å²) >= 11 is 1.39. The van der Waals surface area contributed by atoms with E-state index >= 15 is 0 Å². The molecule has 2 rings (SSSR count). The van der Waals surface area contributed by atoms with E-state index in [4.69, 9.17) is 10.5 Å². The van der Waals surface area contributed by atoms with Crippen LogP contribution in [0.2, 0.25) is 0 Å². The van der Waals surface area contributed by atoms with Crippen LogP contribution in [-0.2, 0) is 14.3 Å². The molecule has 2 atom stereocenters. The number of rotatable bonds is 6. The molecular formula is C15H27N3O3S. The quantitative estimate of drug-likeness (QED) is 0.728. The van der Waals surface area contributed by atoms with Crippen LogP contribution in [0.15, 0.2) is 0 Å². The summed E-state index contributed by atoms with van der Waals surface area (Å²) in [7, 11) is 0. The molecule has 1 aliphatic heterocycles. The minimum Gasteiger partial charge on any atom is -0.378 e. The zero-order chi connectivity index (χ0) is 15.8. The third-order valence-corrected chi connectivity index (χ3v) is 5.30. The highest BCUT2D eigenvalue weighted by molar-refractivity contribution is 8.00. The van der Waals surface area contributed by atoms with Gasteiger partial charge in [0.15, 0.2) is 0 Å². The number of thioether (sulfide) groups is 1. The van der Waals surface area contributed by atoms with Crippen molar-refractivity contribution < 1.29 is 14.3 Å². The summed E-state index contributed by atoms with van der Waals surface area (Å²) in [5.74, 6) is 1.21. The van der Waals surface area contributed by atoms with E-state index in [0.29, 0.717) is 50.3 Å². The standard InChI is InChI=1S/C15H27N3O3S/c16-9-12-3-1-2-4-13(12)17-14(19)10-22-11-15(20)18-5-7-21-8-6-18/h12-13H,1-11,16H2,(H,17,19). The van der Waals surface area contributed by atoms with Crippen LogP contribution in [-0.4, -0.2) is 67.1 Å². The van der Waals surface area contributed by atoms with Gasteiger partial charge < -0.3 is 20.7 Å². The van der Waals surface area contributed by atoms with Gasteiger partial charge in [-0.15, -0.1) is 11.8 Å². The van der Waals surface area contributed by atoms with Gasteiger partial charge in [0, 0.05) is 19.1 Å². The second-order valence-corrected chi connectivity index (χ2v) is 6.93. The van der Waals surface area contributed by atoms with Gasteiger partial charge in [0.1, 0.15) is 0 Å². The van der Waals surface area contributed by atoms with Crippen LogP contribution in [0, 0.1) is 5.92 Å². The van der Waals surface area contributed by atoms with Crippen LogP contribution < -0.4 is 11.1 Å². The number of morpholine rings is 1. The fraction of sp³-hybridized carbons (Fsp3) is 0.867. The molecule has 2 unspecified atom stereocenters. The number of carbonyl (C=O) groups excluding carboxylic acids is 2. The number of amides is 2. The first-order chi connectivity index (χ1) is 10.7. The molecule has 3 N–H and O–H groups in total. The predicted octanol–water partition coefficient (Wildman–Crippen LogP) is 0.212. The molecule has 2 amide bonds. The lowest BCUT2D eigenvalue weighted by molar-refractivity contribution is -0.132. The minimum atomic E-state index is 0.0186. The van der Waals surface area contributed by atoms with E-state index in [-0.39, 0.29) is 17.9 Å². The molecule has 22 heavy (non-hydrogen) atoms. The Balaban J connectivity index is 1.63. The van der Waals surface area contributed by atoms with Crippen molar-refractivity contribution in [1.29, 1.82) is 0 Å². The highest BCUT2D eigenvalue weighted by Gasteiger charge is 2.25. The van der Waals surface area contributed by atoms with Crippen LogP contribution in [0.1, 0.15) is 25.7 Å². The molecule has 0 spiro atoms. The lowest BCUT2D eigenvalue weighted by atomic mass is 9.84. The molecule has 0 aromatic rings. The molecule has 1 saturated carbocycles. The SMILES string of the molecule is NCC1CCCCC1NC(=O)CSCC(=O)N1CCOCC1. The topological polar surface area (TPSA) is 84.7 Å². The van der Waals surface area contributed by atoms with E-state index in [0.717, 1.165) is 19.3 Å². The monoisotopic (exact) mass is 329 g/mol. The maximum atomic E-state index is 12.0. The maximum Gasteiger partial charge on any atom is 0.232 e. The van der Waals surface area contributed by atoms with Crippen LogP contribution in [0.3, 0.4) is 0 Å². The van der Waals surface area contributed by atoms with E-state index < -0.39 is 0 Å². The molecule has 0 radical (unpaired) electrons. The van der Waals surface area contributed by atoms with Crippen molar-refractivity contribution in [2.75, 3.05) is 44.4 Å². The number of nitrogens with two attached hydrogens (primary N) is 1. The molecule has 2 fully saturated rings.